The van der Waals surface area contributed by atoms with Crippen LogP contribution in [-0.2, 0) is 6.54 Å². The van der Waals surface area contributed by atoms with E-state index in [0.717, 1.165) is 5.69 Å². The maximum Gasteiger partial charge on any atom is 0.337 e. The predicted molar refractivity (Wildman–Crippen MR) is 108 cm³/mol. The van der Waals surface area contributed by atoms with Gasteiger partial charge in [-0.3, -0.25) is 0 Å². The third-order valence-electron chi connectivity index (χ3n) is 4.09. The van der Waals surface area contributed by atoms with Crippen LogP contribution in [0, 0.1) is 0 Å². The van der Waals surface area contributed by atoms with Crippen molar-refractivity contribution in [2.24, 2.45) is 0 Å². The SMILES string of the molecule is O=C(O)c1cc(O)ccc1NCc1nnc2ccc(Nc3cccc(Cl)c3)nn12. The molecule has 4 aromatic rings. The highest BCUT2D eigenvalue weighted by atomic mass is 35.5. The minimum Gasteiger partial charge on any atom is -0.508 e. The highest BCUT2D eigenvalue weighted by Gasteiger charge is 2.13. The number of aromatic nitrogens is 4. The molecule has 0 spiro atoms. The molecule has 10 heteroatoms. The Morgan fingerprint density at radius 3 is 2.76 bits per heavy atom. The lowest BCUT2D eigenvalue weighted by Crippen LogP contribution is -2.10. The van der Waals surface area contributed by atoms with Crippen molar-refractivity contribution in [3.8, 4) is 5.75 Å². The standard InChI is InChI=1S/C19H15ClN6O3/c20-11-2-1-3-12(8-11)22-16-6-7-17-23-24-18(26(17)25-16)10-21-15-5-4-13(27)9-14(15)19(28)29/h1-9,21,27H,10H2,(H,22,25)(H,28,29). The molecule has 0 radical (unpaired) electrons. The summed E-state index contributed by atoms with van der Waals surface area (Å²) in [5.41, 5.74) is 1.63. The summed E-state index contributed by atoms with van der Waals surface area (Å²) in [5, 5.41) is 38.2. The molecular formula is C19H15ClN6O3. The first kappa shape index (κ1) is 18.5. The van der Waals surface area contributed by atoms with Crippen molar-refractivity contribution in [1.29, 1.82) is 0 Å². The fraction of sp³-hybridized carbons (Fsp3) is 0.0526. The van der Waals surface area contributed by atoms with Crippen LogP contribution in [0.15, 0.2) is 54.6 Å². The molecule has 4 rings (SSSR count). The summed E-state index contributed by atoms with van der Waals surface area (Å²) in [6.45, 7) is 0.180. The van der Waals surface area contributed by atoms with Gasteiger partial charge in [0.25, 0.3) is 0 Å². The van der Waals surface area contributed by atoms with Crippen molar-refractivity contribution in [3.05, 3.63) is 71.0 Å². The van der Waals surface area contributed by atoms with Gasteiger partial charge in [0, 0.05) is 16.4 Å². The number of rotatable bonds is 6. The van der Waals surface area contributed by atoms with Gasteiger partial charge >= 0.3 is 5.97 Å². The molecule has 146 valence electrons. The van der Waals surface area contributed by atoms with Gasteiger partial charge in [0.05, 0.1) is 12.1 Å². The van der Waals surface area contributed by atoms with Crippen LogP contribution in [0.4, 0.5) is 17.2 Å². The van der Waals surface area contributed by atoms with Gasteiger partial charge < -0.3 is 20.8 Å². The third kappa shape index (κ3) is 4.04. The lowest BCUT2D eigenvalue weighted by Gasteiger charge is -2.09. The summed E-state index contributed by atoms with van der Waals surface area (Å²) >= 11 is 6.01. The fourth-order valence-corrected chi connectivity index (χ4v) is 2.95. The number of halogens is 1. The van der Waals surface area contributed by atoms with Crippen LogP contribution in [0.1, 0.15) is 16.2 Å². The Hall–Kier alpha value is -3.85. The van der Waals surface area contributed by atoms with Gasteiger partial charge in [-0.25, -0.2) is 4.79 Å². The molecule has 2 aromatic carbocycles. The molecule has 0 atom stereocenters. The van der Waals surface area contributed by atoms with Crippen LogP contribution in [-0.4, -0.2) is 36.0 Å². The second-order valence-corrected chi connectivity index (χ2v) is 6.57. The number of benzene rings is 2. The minimum atomic E-state index is -1.15. The molecule has 0 amide bonds. The highest BCUT2D eigenvalue weighted by molar-refractivity contribution is 6.30. The number of hydrogen-bond donors (Lipinski definition) is 4. The smallest absolute Gasteiger partial charge is 0.337 e. The van der Waals surface area contributed by atoms with Crippen molar-refractivity contribution >= 4 is 40.4 Å². The number of hydrogen-bond acceptors (Lipinski definition) is 7. The van der Waals surface area contributed by atoms with Gasteiger partial charge in [-0.2, -0.15) is 4.52 Å². The van der Waals surface area contributed by atoms with Gasteiger partial charge in [0.15, 0.2) is 17.3 Å². The second-order valence-electron chi connectivity index (χ2n) is 6.13. The zero-order valence-corrected chi connectivity index (χ0v) is 15.6. The summed E-state index contributed by atoms with van der Waals surface area (Å²) in [7, 11) is 0. The Labute approximate surface area is 169 Å². The minimum absolute atomic E-state index is 0.0462. The van der Waals surface area contributed by atoms with Crippen LogP contribution in [0.25, 0.3) is 5.65 Å². The van der Waals surface area contributed by atoms with Crippen LogP contribution in [0.3, 0.4) is 0 Å². The number of carboxylic acids is 1. The fourth-order valence-electron chi connectivity index (χ4n) is 2.76. The molecule has 29 heavy (non-hydrogen) atoms. The molecule has 0 aliphatic heterocycles. The Bertz CT molecular complexity index is 1210. The highest BCUT2D eigenvalue weighted by Crippen LogP contribution is 2.22. The first-order valence-electron chi connectivity index (χ1n) is 8.54. The summed E-state index contributed by atoms with van der Waals surface area (Å²) in [5.74, 6) is -0.226. The molecule has 0 aliphatic rings. The Kier molecular flexibility index (Phi) is 4.88. The molecule has 2 aromatic heterocycles. The lowest BCUT2D eigenvalue weighted by molar-refractivity contribution is 0.0697. The number of fused-ring (bicyclic) bond motifs is 1. The monoisotopic (exact) mass is 410 g/mol. The average molecular weight is 411 g/mol. The van der Waals surface area contributed by atoms with Gasteiger partial charge in [-0.15, -0.1) is 15.3 Å². The van der Waals surface area contributed by atoms with E-state index >= 15 is 0 Å². The number of nitrogens with zero attached hydrogens (tertiary/aromatic N) is 4. The molecule has 0 saturated carbocycles. The van der Waals surface area contributed by atoms with E-state index in [1.54, 1.807) is 28.8 Å². The van der Waals surface area contributed by atoms with E-state index in [1.807, 2.05) is 12.1 Å². The van der Waals surface area contributed by atoms with Crippen molar-refractivity contribution < 1.29 is 15.0 Å². The normalized spacial score (nSPS) is 10.8. The Morgan fingerprint density at radius 2 is 1.97 bits per heavy atom. The third-order valence-corrected chi connectivity index (χ3v) is 4.33. The molecule has 0 aliphatic carbocycles. The van der Waals surface area contributed by atoms with E-state index in [0.29, 0.717) is 28.0 Å². The maximum atomic E-state index is 11.4. The number of phenolic OH excluding ortho intramolecular Hbond substituents is 1. The number of aromatic carboxylic acids is 1. The topological polar surface area (TPSA) is 125 Å². The lowest BCUT2D eigenvalue weighted by atomic mass is 10.1. The summed E-state index contributed by atoms with van der Waals surface area (Å²) in [6, 6.07) is 14.9. The molecule has 0 saturated heterocycles. The number of anilines is 3. The molecule has 4 N–H and O–H groups in total. The average Bonchev–Trinajstić information content (AvgIpc) is 3.09. The first-order valence-corrected chi connectivity index (χ1v) is 8.91. The van der Waals surface area contributed by atoms with Crippen LogP contribution >= 0.6 is 11.6 Å². The molecule has 0 bridgehead atoms. The largest absolute Gasteiger partial charge is 0.508 e. The molecule has 0 fully saturated rings. The van der Waals surface area contributed by atoms with Crippen LogP contribution < -0.4 is 10.6 Å². The quantitative estimate of drug-likeness (QED) is 0.356. The van der Waals surface area contributed by atoms with E-state index < -0.39 is 5.97 Å². The second kappa shape index (κ2) is 7.64. The van der Waals surface area contributed by atoms with Crippen molar-refractivity contribution in [3.63, 3.8) is 0 Å². The van der Waals surface area contributed by atoms with Crippen LogP contribution in [0.2, 0.25) is 5.02 Å². The Morgan fingerprint density at radius 1 is 1.10 bits per heavy atom. The van der Waals surface area contributed by atoms with Crippen molar-refractivity contribution in [2.45, 2.75) is 6.54 Å². The van der Waals surface area contributed by atoms with Crippen molar-refractivity contribution in [2.75, 3.05) is 10.6 Å². The number of nitrogens with one attached hydrogen (secondary N) is 2. The van der Waals surface area contributed by atoms with E-state index in [4.69, 9.17) is 11.6 Å². The number of aromatic hydroxyl groups is 1. The Balaban J connectivity index is 1.58. The van der Waals surface area contributed by atoms with E-state index in [2.05, 4.69) is 25.9 Å². The zero-order valence-electron chi connectivity index (χ0n) is 14.9. The van der Waals surface area contributed by atoms with E-state index in [-0.39, 0.29) is 17.9 Å². The molecule has 0 unspecified atom stereocenters. The van der Waals surface area contributed by atoms with Crippen LogP contribution in [0.5, 0.6) is 5.75 Å². The molecule has 2 heterocycles. The maximum absolute atomic E-state index is 11.4. The van der Waals surface area contributed by atoms with E-state index in [1.165, 1.54) is 18.2 Å². The van der Waals surface area contributed by atoms with Gasteiger partial charge in [0.1, 0.15) is 5.75 Å². The number of carbonyl (C=O) groups is 1. The molecular weight excluding hydrogens is 396 g/mol. The van der Waals surface area contributed by atoms with Gasteiger partial charge in [-0.05, 0) is 48.5 Å². The van der Waals surface area contributed by atoms with Gasteiger partial charge in [0.2, 0.25) is 0 Å². The number of carboxylic acid groups (broad SMARTS) is 1. The molecule has 9 nitrogen and oxygen atoms in total. The van der Waals surface area contributed by atoms with Gasteiger partial charge in [-0.1, -0.05) is 17.7 Å². The summed E-state index contributed by atoms with van der Waals surface area (Å²) in [4.78, 5) is 11.4. The summed E-state index contributed by atoms with van der Waals surface area (Å²) < 4.78 is 1.56. The predicted octanol–water partition coefficient (Wildman–Crippen LogP) is 3.54. The first-order chi connectivity index (χ1) is 14.0. The van der Waals surface area contributed by atoms with Crippen molar-refractivity contribution in [1.82, 2.24) is 19.8 Å². The zero-order chi connectivity index (χ0) is 20.4. The van der Waals surface area contributed by atoms with E-state index in [9.17, 15) is 15.0 Å². The number of phenols is 1. The summed E-state index contributed by atoms with van der Waals surface area (Å²) in [6.07, 6.45) is 0.